The van der Waals surface area contributed by atoms with Gasteiger partial charge in [-0.1, -0.05) is 39.1 Å². The molecule has 0 aliphatic carbocycles. The Kier molecular flexibility index (Phi) is 8.53. The second-order valence-electron chi connectivity index (χ2n) is 7.56. The monoisotopic (exact) mass is 603 g/mol. The molecule has 7 nitrogen and oxygen atoms in total. The largest absolute Gasteiger partial charge is 0.490 e. The topological polar surface area (TPSA) is 83.4 Å². The van der Waals surface area contributed by atoms with Crippen LogP contribution in [0.15, 0.2) is 69.8 Å². The van der Waals surface area contributed by atoms with Crippen LogP contribution < -0.4 is 14.2 Å². The molecule has 190 valence electrons. The summed E-state index contributed by atoms with van der Waals surface area (Å²) < 4.78 is 22.9. The van der Waals surface area contributed by atoms with Crippen LogP contribution >= 0.6 is 39.1 Å². The van der Waals surface area contributed by atoms with Crippen molar-refractivity contribution in [3.05, 3.63) is 91.5 Å². The fourth-order valence-corrected chi connectivity index (χ4v) is 4.26. The highest BCUT2D eigenvalue weighted by Crippen LogP contribution is 2.32. The van der Waals surface area contributed by atoms with Gasteiger partial charge in [-0.3, -0.25) is 0 Å². The lowest BCUT2D eigenvalue weighted by Crippen LogP contribution is -2.10. The third-order valence-corrected chi connectivity index (χ3v) is 6.07. The second kappa shape index (κ2) is 11.8. The van der Waals surface area contributed by atoms with E-state index in [1.165, 1.54) is 24.3 Å². The van der Waals surface area contributed by atoms with Gasteiger partial charge in [-0.15, -0.1) is 0 Å². The first kappa shape index (κ1) is 26.7. The van der Waals surface area contributed by atoms with Gasteiger partial charge in [0.25, 0.3) is 0 Å². The Bertz CT molecular complexity index is 1440. The number of halogens is 3. The first-order valence-corrected chi connectivity index (χ1v) is 12.7. The lowest BCUT2D eigenvalue weighted by Gasteiger charge is -2.11. The standard InChI is InChI=1S/C27H20BrCl2NO6/c1-3-34-23-9-5-15(13-24(23)35-4-2)25-31-21(27(33)37-25)12-16-11-17(28)6-10-22(16)36-26(32)19-8-7-18(29)14-20(19)30/h5-14H,3-4H2,1-2H3/b21-12-. The van der Waals surface area contributed by atoms with E-state index in [2.05, 4.69) is 20.9 Å². The first-order chi connectivity index (χ1) is 17.8. The molecular weight excluding hydrogens is 585 g/mol. The van der Waals surface area contributed by atoms with E-state index in [0.717, 1.165) is 0 Å². The highest BCUT2D eigenvalue weighted by atomic mass is 79.9. The number of hydrogen-bond acceptors (Lipinski definition) is 7. The Morgan fingerprint density at radius 3 is 2.43 bits per heavy atom. The molecule has 0 N–H and O–H groups in total. The van der Waals surface area contributed by atoms with Crippen LogP contribution in [0.4, 0.5) is 0 Å². The van der Waals surface area contributed by atoms with E-state index in [0.29, 0.717) is 45.3 Å². The molecule has 3 aromatic rings. The van der Waals surface area contributed by atoms with Crippen LogP contribution in [0.25, 0.3) is 6.08 Å². The van der Waals surface area contributed by atoms with Crippen molar-refractivity contribution in [3.8, 4) is 17.2 Å². The summed E-state index contributed by atoms with van der Waals surface area (Å²) in [5, 5.41) is 0.551. The van der Waals surface area contributed by atoms with Gasteiger partial charge in [0.1, 0.15) is 5.75 Å². The van der Waals surface area contributed by atoms with Crippen molar-refractivity contribution in [3.63, 3.8) is 0 Å². The van der Waals surface area contributed by atoms with Crippen LogP contribution in [0.2, 0.25) is 10.0 Å². The minimum Gasteiger partial charge on any atom is -0.490 e. The maximum atomic E-state index is 12.8. The van der Waals surface area contributed by atoms with E-state index < -0.39 is 11.9 Å². The molecule has 0 fully saturated rings. The van der Waals surface area contributed by atoms with Crippen LogP contribution in [0.3, 0.4) is 0 Å². The lowest BCUT2D eigenvalue weighted by atomic mass is 10.1. The van der Waals surface area contributed by atoms with Gasteiger partial charge in [0.15, 0.2) is 17.2 Å². The van der Waals surface area contributed by atoms with Gasteiger partial charge in [0.2, 0.25) is 5.90 Å². The SMILES string of the molecule is CCOc1ccc(C2=N/C(=C\c3cc(Br)ccc3OC(=O)c3ccc(Cl)cc3Cl)C(=O)O2)cc1OCC. The molecule has 0 saturated heterocycles. The number of carbonyl (C=O) groups excluding carboxylic acids is 2. The summed E-state index contributed by atoms with van der Waals surface area (Å²) in [5.41, 5.74) is 1.14. The first-order valence-electron chi connectivity index (χ1n) is 11.2. The Morgan fingerprint density at radius 2 is 1.70 bits per heavy atom. The molecule has 0 spiro atoms. The van der Waals surface area contributed by atoms with Crippen LogP contribution in [0.1, 0.15) is 35.3 Å². The normalized spacial score (nSPS) is 13.8. The van der Waals surface area contributed by atoms with Crippen LogP contribution in [-0.4, -0.2) is 31.1 Å². The molecular formula is C27H20BrCl2NO6. The number of hydrogen-bond donors (Lipinski definition) is 0. The summed E-state index contributed by atoms with van der Waals surface area (Å²) in [6, 6.07) is 14.6. The highest BCUT2D eigenvalue weighted by Gasteiger charge is 2.26. The average Bonchev–Trinajstić information content (AvgIpc) is 3.22. The Morgan fingerprint density at radius 1 is 0.973 bits per heavy atom. The van der Waals surface area contributed by atoms with E-state index in [-0.39, 0.29) is 27.9 Å². The van der Waals surface area contributed by atoms with Gasteiger partial charge in [-0.2, -0.15) is 0 Å². The van der Waals surface area contributed by atoms with Crippen molar-refractivity contribution < 1.29 is 28.5 Å². The van der Waals surface area contributed by atoms with Gasteiger partial charge >= 0.3 is 11.9 Å². The summed E-state index contributed by atoms with van der Waals surface area (Å²) in [5.74, 6) is 0.0689. The highest BCUT2D eigenvalue weighted by molar-refractivity contribution is 9.10. The van der Waals surface area contributed by atoms with Gasteiger partial charge in [0, 0.05) is 20.6 Å². The van der Waals surface area contributed by atoms with Crippen molar-refractivity contribution >= 4 is 63.0 Å². The molecule has 37 heavy (non-hydrogen) atoms. The lowest BCUT2D eigenvalue weighted by molar-refractivity contribution is -0.129. The molecule has 4 rings (SSSR count). The summed E-state index contributed by atoms with van der Waals surface area (Å²) in [6.07, 6.45) is 1.48. The van der Waals surface area contributed by atoms with Crippen molar-refractivity contribution in [2.75, 3.05) is 13.2 Å². The Labute approximate surface area is 231 Å². The quantitative estimate of drug-likeness (QED) is 0.155. The summed E-state index contributed by atoms with van der Waals surface area (Å²) in [7, 11) is 0. The van der Waals surface area contributed by atoms with Crippen molar-refractivity contribution in [2.24, 2.45) is 4.99 Å². The summed E-state index contributed by atoms with van der Waals surface area (Å²) in [4.78, 5) is 29.8. The van der Waals surface area contributed by atoms with E-state index in [1.54, 1.807) is 36.4 Å². The molecule has 1 heterocycles. The smallest absolute Gasteiger partial charge is 0.363 e. The predicted molar refractivity (Wildman–Crippen MR) is 145 cm³/mol. The van der Waals surface area contributed by atoms with E-state index >= 15 is 0 Å². The number of esters is 2. The minimum absolute atomic E-state index is 0.0294. The van der Waals surface area contributed by atoms with Gasteiger partial charge in [-0.25, -0.2) is 14.6 Å². The van der Waals surface area contributed by atoms with Crippen molar-refractivity contribution in [1.29, 1.82) is 0 Å². The number of cyclic esters (lactones) is 1. The van der Waals surface area contributed by atoms with Crippen LogP contribution in [-0.2, 0) is 9.53 Å². The maximum Gasteiger partial charge on any atom is 0.363 e. The zero-order chi connectivity index (χ0) is 26.5. The van der Waals surface area contributed by atoms with E-state index in [1.807, 2.05) is 13.8 Å². The zero-order valence-corrected chi connectivity index (χ0v) is 22.8. The predicted octanol–water partition coefficient (Wildman–Crippen LogP) is 7.12. The molecule has 3 aromatic carbocycles. The maximum absolute atomic E-state index is 12.8. The Hall–Kier alpha value is -3.33. The molecule has 0 amide bonds. The van der Waals surface area contributed by atoms with Crippen molar-refractivity contribution in [1.82, 2.24) is 0 Å². The summed E-state index contributed by atoms with van der Waals surface area (Å²) in [6.45, 7) is 4.65. The number of aliphatic imine (C=N–C) groups is 1. The molecule has 0 radical (unpaired) electrons. The molecule has 0 atom stereocenters. The third-order valence-electron chi connectivity index (χ3n) is 5.03. The molecule has 10 heteroatoms. The molecule has 0 bridgehead atoms. The van der Waals surface area contributed by atoms with Crippen molar-refractivity contribution in [2.45, 2.75) is 13.8 Å². The van der Waals surface area contributed by atoms with Crippen LogP contribution in [0.5, 0.6) is 17.2 Å². The molecule has 1 aliphatic rings. The number of benzene rings is 3. The number of rotatable bonds is 8. The second-order valence-corrected chi connectivity index (χ2v) is 9.32. The number of carbonyl (C=O) groups is 2. The molecule has 0 unspecified atom stereocenters. The van der Waals surface area contributed by atoms with Gasteiger partial charge < -0.3 is 18.9 Å². The fraction of sp³-hybridized carbons (Fsp3) is 0.148. The molecule has 0 aromatic heterocycles. The number of ether oxygens (including phenoxy) is 4. The molecule has 1 aliphatic heterocycles. The fourth-order valence-electron chi connectivity index (χ4n) is 3.40. The average molecular weight is 605 g/mol. The van der Waals surface area contributed by atoms with E-state index in [9.17, 15) is 9.59 Å². The van der Waals surface area contributed by atoms with E-state index in [4.69, 9.17) is 42.1 Å². The third kappa shape index (κ3) is 6.33. The zero-order valence-electron chi connectivity index (χ0n) is 19.7. The minimum atomic E-state index is -0.681. The summed E-state index contributed by atoms with van der Waals surface area (Å²) >= 11 is 15.5. The molecule has 0 saturated carbocycles. The van der Waals surface area contributed by atoms with Gasteiger partial charge in [0.05, 0.1) is 23.8 Å². The number of nitrogens with zero attached hydrogens (tertiary/aromatic N) is 1. The van der Waals surface area contributed by atoms with Crippen LogP contribution in [0, 0.1) is 0 Å². The van der Waals surface area contributed by atoms with Gasteiger partial charge in [-0.05, 0) is 74.5 Å². The Balaban J connectivity index is 1.65.